The first-order chi connectivity index (χ1) is 10.5. The van der Waals surface area contributed by atoms with Gasteiger partial charge < -0.3 is 10.1 Å². The van der Waals surface area contributed by atoms with Gasteiger partial charge in [0.05, 0.1) is 18.2 Å². The Morgan fingerprint density at radius 2 is 2.18 bits per heavy atom. The Morgan fingerprint density at radius 3 is 2.77 bits per heavy atom. The Kier molecular flexibility index (Phi) is 6.23. The van der Waals surface area contributed by atoms with Crippen LogP contribution < -0.4 is 15.5 Å². The normalized spacial score (nSPS) is 10.0. The number of hydrogen-bond donors (Lipinski definition) is 2. The molecule has 1 aromatic carbocycles. The van der Waals surface area contributed by atoms with Crippen LogP contribution in [0.1, 0.15) is 5.56 Å². The summed E-state index contributed by atoms with van der Waals surface area (Å²) in [4.78, 5) is 32.8. The van der Waals surface area contributed by atoms with E-state index in [1.54, 1.807) is 0 Å². The fourth-order valence-electron chi connectivity index (χ4n) is 1.39. The smallest absolute Gasteiger partial charge is 0.329 e. The van der Waals surface area contributed by atoms with Crippen LogP contribution in [0, 0.1) is 10.1 Å². The van der Waals surface area contributed by atoms with E-state index in [-0.39, 0.29) is 18.0 Å². The third-order valence-electron chi connectivity index (χ3n) is 2.39. The fourth-order valence-corrected chi connectivity index (χ4v) is 1.39. The zero-order valence-corrected chi connectivity index (χ0v) is 11.7. The second kappa shape index (κ2) is 8.15. The van der Waals surface area contributed by atoms with E-state index in [1.165, 1.54) is 37.6 Å². The second-order valence-electron chi connectivity index (χ2n) is 3.89. The van der Waals surface area contributed by atoms with Crippen molar-refractivity contribution in [3.63, 3.8) is 0 Å². The maximum absolute atomic E-state index is 11.3. The molecule has 0 unspecified atom stereocenters. The largest absolute Gasteiger partial charge is 0.490 e. The average Bonchev–Trinajstić information content (AvgIpc) is 2.52. The molecule has 0 radical (unpaired) electrons. The molecule has 2 N–H and O–H groups in total. The number of nitrogens with zero attached hydrogens (tertiary/aromatic N) is 2. The quantitative estimate of drug-likeness (QED) is 0.258. The highest BCUT2D eigenvalue weighted by atomic mass is 16.6. The molecule has 0 fully saturated rings. The summed E-state index contributed by atoms with van der Waals surface area (Å²) in [7, 11) is 1.32. The van der Waals surface area contributed by atoms with Crippen LogP contribution in [0.5, 0.6) is 5.75 Å². The molecule has 0 spiro atoms. The third kappa shape index (κ3) is 4.71. The summed E-state index contributed by atoms with van der Waals surface area (Å²) in [5.41, 5.74) is 2.13. The zero-order chi connectivity index (χ0) is 16.5. The molecule has 0 saturated heterocycles. The van der Waals surface area contributed by atoms with Crippen molar-refractivity contribution < 1.29 is 19.2 Å². The van der Waals surface area contributed by atoms with E-state index >= 15 is 0 Å². The lowest BCUT2D eigenvalue weighted by Crippen LogP contribution is -2.37. The molecule has 22 heavy (non-hydrogen) atoms. The van der Waals surface area contributed by atoms with Gasteiger partial charge >= 0.3 is 17.5 Å². The lowest BCUT2D eigenvalue weighted by Gasteiger charge is -2.02. The molecule has 0 aliphatic carbocycles. The molecule has 0 aromatic heterocycles. The van der Waals surface area contributed by atoms with Crippen molar-refractivity contribution in [1.82, 2.24) is 10.7 Å². The van der Waals surface area contributed by atoms with E-state index in [1.807, 2.05) is 5.43 Å². The van der Waals surface area contributed by atoms with Crippen molar-refractivity contribution in [3.05, 3.63) is 46.5 Å². The Morgan fingerprint density at radius 1 is 1.45 bits per heavy atom. The monoisotopic (exact) mass is 306 g/mol. The molecular formula is C13H14N4O5. The van der Waals surface area contributed by atoms with Crippen molar-refractivity contribution in [2.24, 2.45) is 5.10 Å². The number of benzene rings is 1. The predicted molar refractivity (Wildman–Crippen MR) is 78.6 cm³/mol. The first kappa shape index (κ1) is 16.8. The van der Waals surface area contributed by atoms with Crippen molar-refractivity contribution >= 4 is 23.7 Å². The zero-order valence-electron chi connectivity index (χ0n) is 11.7. The molecule has 0 aliphatic rings. The Bertz CT molecular complexity index is 627. The highest BCUT2D eigenvalue weighted by Crippen LogP contribution is 2.26. The molecule has 1 aromatic rings. The second-order valence-corrected chi connectivity index (χ2v) is 3.89. The first-order valence-corrected chi connectivity index (χ1v) is 6.04. The number of amides is 2. The molecule has 1 rings (SSSR count). The van der Waals surface area contributed by atoms with Gasteiger partial charge in [0.15, 0.2) is 5.75 Å². The van der Waals surface area contributed by atoms with E-state index in [4.69, 9.17) is 4.74 Å². The summed E-state index contributed by atoms with van der Waals surface area (Å²) in [6, 6.07) is 4.14. The molecule has 0 heterocycles. The molecular weight excluding hydrogens is 292 g/mol. The van der Waals surface area contributed by atoms with Gasteiger partial charge in [-0.1, -0.05) is 6.08 Å². The third-order valence-corrected chi connectivity index (χ3v) is 2.39. The highest BCUT2D eigenvalue weighted by molar-refractivity contribution is 6.35. The lowest BCUT2D eigenvalue weighted by atomic mass is 10.2. The molecule has 9 nitrogen and oxygen atoms in total. The summed E-state index contributed by atoms with van der Waals surface area (Å²) in [5, 5.41) is 16.7. The Labute approximate surface area is 125 Å². The number of hydrogen-bond acceptors (Lipinski definition) is 6. The maximum Gasteiger partial charge on any atom is 0.329 e. The molecule has 0 saturated carbocycles. The molecule has 0 bridgehead atoms. The molecule has 0 aliphatic heterocycles. The molecule has 116 valence electrons. The molecule has 0 atom stereocenters. The summed E-state index contributed by atoms with van der Waals surface area (Å²) in [5.74, 6) is -1.71. The number of ether oxygens (including phenoxy) is 1. The summed E-state index contributed by atoms with van der Waals surface area (Å²) in [6.07, 6.45) is 2.59. The number of nitro groups is 1. The Balaban J connectivity index is 2.72. The van der Waals surface area contributed by atoms with E-state index in [2.05, 4.69) is 17.0 Å². The minimum Gasteiger partial charge on any atom is -0.490 e. The number of carbonyl (C=O) groups excluding carboxylic acids is 2. The highest BCUT2D eigenvalue weighted by Gasteiger charge is 2.14. The fraction of sp³-hybridized carbons (Fsp3) is 0.154. The van der Waals surface area contributed by atoms with Gasteiger partial charge in [0.25, 0.3) is 0 Å². The average molecular weight is 306 g/mol. The number of methoxy groups -OCH3 is 1. The van der Waals surface area contributed by atoms with Crippen LogP contribution in [-0.2, 0) is 9.59 Å². The first-order valence-electron chi connectivity index (χ1n) is 6.04. The van der Waals surface area contributed by atoms with Crippen molar-refractivity contribution in [2.75, 3.05) is 13.7 Å². The van der Waals surface area contributed by atoms with Gasteiger partial charge in [0, 0.05) is 18.2 Å². The number of carbonyl (C=O) groups is 2. The van der Waals surface area contributed by atoms with E-state index in [0.717, 1.165) is 0 Å². The van der Waals surface area contributed by atoms with Gasteiger partial charge in [-0.2, -0.15) is 5.10 Å². The Hall–Kier alpha value is -3.23. The number of nitrogens with one attached hydrogen (secondary N) is 2. The van der Waals surface area contributed by atoms with Gasteiger partial charge in [0.2, 0.25) is 0 Å². The van der Waals surface area contributed by atoms with E-state index in [9.17, 15) is 19.7 Å². The number of rotatable bonds is 6. The van der Waals surface area contributed by atoms with Gasteiger partial charge in [-0.3, -0.25) is 19.7 Å². The minimum absolute atomic E-state index is 0.106. The SMILES string of the molecule is C=CCNC(=O)C(=O)N/N=C\c1ccc(OC)c([N+](=O)[O-])c1. The van der Waals surface area contributed by atoms with Crippen LogP contribution in [0.4, 0.5) is 5.69 Å². The van der Waals surface area contributed by atoms with Crippen LogP contribution in [0.2, 0.25) is 0 Å². The predicted octanol–water partition coefficient (Wildman–Crippen LogP) is 0.356. The molecule has 9 heteroatoms. The number of nitro benzene ring substituents is 1. The van der Waals surface area contributed by atoms with E-state index < -0.39 is 16.7 Å². The number of hydrazone groups is 1. The van der Waals surface area contributed by atoms with Crippen molar-refractivity contribution in [2.45, 2.75) is 0 Å². The standard InChI is InChI=1S/C13H14N4O5/c1-3-6-14-12(18)13(19)16-15-8-9-4-5-11(22-2)10(7-9)17(20)21/h3-5,7-8H,1,6H2,2H3,(H,14,18)(H,16,19)/b15-8-. The van der Waals surface area contributed by atoms with Gasteiger partial charge in [-0.05, 0) is 12.1 Å². The maximum atomic E-state index is 11.3. The minimum atomic E-state index is -0.957. The topological polar surface area (TPSA) is 123 Å². The van der Waals surface area contributed by atoms with Gasteiger partial charge in [-0.25, -0.2) is 5.43 Å². The summed E-state index contributed by atoms with van der Waals surface area (Å²) < 4.78 is 4.86. The van der Waals surface area contributed by atoms with Crippen LogP contribution in [-0.4, -0.2) is 36.6 Å². The van der Waals surface area contributed by atoms with Gasteiger partial charge in [0.1, 0.15) is 0 Å². The van der Waals surface area contributed by atoms with Crippen LogP contribution in [0.3, 0.4) is 0 Å². The van der Waals surface area contributed by atoms with E-state index in [0.29, 0.717) is 5.56 Å². The van der Waals surface area contributed by atoms with Crippen molar-refractivity contribution in [3.8, 4) is 5.75 Å². The van der Waals surface area contributed by atoms with Gasteiger partial charge in [-0.15, -0.1) is 6.58 Å². The van der Waals surface area contributed by atoms with Crippen LogP contribution in [0.25, 0.3) is 0 Å². The summed E-state index contributed by atoms with van der Waals surface area (Å²) >= 11 is 0. The van der Waals surface area contributed by atoms with Crippen molar-refractivity contribution in [1.29, 1.82) is 0 Å². The van der Waals surface area contributed by atoms with Crippen LogP contribution in [0.15, 0.2) is 36.0 Å². The lowest BCUT2D eigenvalue weighted by molar-refractivity contribution is -0.385. The summed E-state index contributed by atoms with van der Waals surface area (Å²) in [6.45, 7) is 3.54. The molecule has 2 amide bonds. The van der Waals surface area contributed by atoms with Crippen LogP contribution >= 0.6 is 0 Å².